The molecule has 3 heteroatoms. The first kappa shape index (κ1) is 19.2. The summed E-state index contributed by atoms with van der Waals surface area (Å²) in [5.74, 6) is 0. The molecule has 0 N–H and O–H groups in total. The summed E-state index contributed by atoms with van der Waals surface area (Å²) in [6.45, 7) is 4.67. The Morgan fingerprint density at radius 3 is 2.38 bits per heavy atom. The van der Waals surface area contributed by atoms with Crippen molar-refractivity contribution in [2.75, 3.05) is 0 Å². The number of hydrogen-bond acceptors (Lipinski definition) is 2. The van der Waals surface area contributed by atoms with E-state index in [0.717, 1.165) is 22.4 Å². The molecule has 0 bridgehead atoms. The van der Waals surface area contributed by atoms with Crippen molar-refractivity contribution >= 4 is 16.6 Å². The Hall–Kier alpha value is -4.24. The van der Waals surface area contributed by atoms with Crippen LogP contribution in [0.4, 0.5) is 0 Å². The van der Waals surface area contributed by atoms with Gasteiger partial charge in [-0.1, -0.05) is 68.4 Å². The lowest BCUT2D eigenvalue weighted by atomic mass is 9.80. The number of hydrogen-bond donors (Lipinski definition) is 0. The van der Waals surface area contributed by atoms with E-state index < -0.39 is 0 Å². The summed E-state index contributed by atoms with van der Waals surface area (Å²) in [5.41, 5.74) is 11.9. The quantitative estimate of drug-likeness (QED) is 0.280. The van der Waals surface area contributed by atoms with Crippen LogP contribution in [0.1, 0.15) is 25.0 Å². The zero-order valence-corrected chi connectivity index (χ0v) is 19.2. The molecule has 6 aromatic rings. The second-order valence-corrected chi connectivity index (χ2v) is 9.61. The van der Waals surface area contributed by atoms with E-state index in [4.69, 9.17) is 4.98 Å². The van der Waals surface area contributed by atoms with Gasteiger partial charge in [-0.25, -0.2) is 4.98 Å². The predicted octanol–water partition coefficient (Wildman–Crippen LogP) is 7.52. The predicted molar refractivity (Wildman–Crippen MR) is 139 cm³/mol. The Morgan fingerprint density at radius 2 is 1.53 bits per heavy atom. The lowest BCUT2D eigenvalue weighted by Crippen LogP contribution is -2.15. The third-order valence-corrected chi connectivity index (χ3v) is 7.27. The molecule has 1 aliphatic rings. The second-order valence-electron chi connectivity index (χ2n) is 9.61. The standard InChI is InChI=1S/C31H23N3/c1-31(2)26-18-22(12-13-23(26)24-14-15-27-25(30(24)31)6-5-16-32-27)20-8-10-21(11-9-20)28-19-34-17-4-3-7-29(34)33-28/h3-19H,1-2H3. The lowest BCUT2D eigenvalue weighted by molar-refractivity contribution is 0.666. The third kappa shape index (κ3) is 2.70. The lowest BCUT2D eigenvalue weighted by Gasteiger charge is -2.23. The summed E-state index contributed by atoms with van der Waals surface area (Å²) in [6.07, 6.45) is 5.99. The van der Waals surface area contributed by atoms with Gasteiger partial charge in [0.25, 0.3) is 0 Å². The van der Waals surface area contributed by atoms with Crippen LogP contribution < -0.4 is 0 Å². The van der Waals surface area contributed by atoms with E-state index in [1.165, 1.54) is 38.8 Å². The van der Waals surface area contributed by atoms with E-state index in [0.29, 0.717) is 0 Å². The molecule has 3 aromatic heterocycles. The molecule has 0 atom stereocenters. The maximum atomic E-state index is 4.76. The number of aromatic nitrogens is 3. The summed E-state index contributed by atoms with van der Waals surface area (Å²) in [6, 6.07) is 30.3. The van der Waals surface area contributed by atoms with Crippen LogP contribution in [0.2, 0.25) is 0 Å². The fraction of sp³-hybridized carbons (Fsp3) is 0.0968. The Labute approximate surface area is 198 Å². The maximum absolute atomic E-state index is 4.76. The van der Waals surface area contributed by atoms with Crippen molar-refractivity contribution in [1.82, 2.24) is 14.4 Å². The van der Waals surface area contributed by atoms with Crippen molar-refractivity contribution in [3.05, 3.63) is 115 Å². The molecule has 0 amide bonds. The smallest absolute Gasteiger partial charge is 0.137 e. The van der Waals surface area contributed by atoms with Gasteiger partial charge in [0.1, 0.15) is 5.65 Å². The van der Waals surface area contributed by atoms with Gasteiger partial charge in [0.15, 0.2) is 0 Å². The van der Waals surface area contributed by atoms with Gasteiger partial charge in [-0.05, 0) is 63.7 Å². The molecule has 1 aliphatic carbocycles. The zero-order valence-electron chi connectivity index (χ0n) is 19.2. The highest BCUT2D eigenvalue weighted by Gasteiger charge is 2.37. The minimum atomic E-state index is -0.0836. The monoisotopic (exact) mass is 437 g/mol. The van der Waals surface area contributed by atoms with Gasteiger partial charge in [0.05, 0.1) is 11.2 Å². The SMILES string of the molecule is CC1(C)c2cc(-c3ccc(-c4cn5ccccc5n4)cc3)ccc2-c2ccc3ncccc3c21. The second kappa shape index (κ2) is 6.88. The van der Waals surface area contributed by atoms with Crippen molar-refractivity contribution in [1.29, 1.82) is 0 Å². The highest BCUT2D eigenvalue weighted by Crippen LogP contribution is 2.51. The van der Waals surface area contributed by atoms with Crippen molar-refractivity contribution in [3.8, 4) is 33.5 Å². The van der Waals surface area contributed by atoms with Crippen LogP contribution in [0, 0.1) is 0 Å². The van der Waals surface area contributed by atoms with Crippen molar-refractivity contribution in [2.24, 2.45) is 0 Å². The van der Waals surface area contributed by atoms with Crippen LogP contribution >= 0.6 is 0 Å². The van der Waals surface area contributed by atoms with Crippen molar-refractivity contribution in [2.45, 2.75) is 19.3 Å². The van der Waals surface area contributed by atoms with Crippen LogP contribution in [0.3, 0.4) is 0 Å². The summed E-state index contributed by atoms with van der Waals surface area (Å²) in [7, 11) is 0. The molecule has 3 aromatic carbocycles. The van der Waals surface area contributed by atoms with E-state index >= 15 is 0 Å². The number of pyridine rings is 2. The molecule has 0 radical (unpaired) electrons. The number of fused-ring (bicyclic) bond motifs is 6. The van der Waals surface area contributed by atoms with E-state index in [9.17, 15) is 0 Å². The summed E-state index contributed by atoms with van der Waals surface area (Å²) < 4.78 is 2.06. The number of rotatable bonds is 2. The Balaban J connectivity index is 1.30. The highest BCUT2D eigenvalue weighted by molar-refractivity contribution is 5.96. The van der Waals surface area contributed by atoms with Gasteiger partial charge in [-0.3, -0.25) is 4.98 Å². The van der Waals surface area contributed by atoms with Gasteiger partial charge >= 0.3 is 0 Å². The van der Waals surface area contributed by atoms with Crippen LogP contribution in [0.25, 0.3) is 50.1 Å². The summed E-state index contributed by atoms with van der Waals surface area (Å²) in [5, 5.41) is 1.25. The summed E-state index contributed by atoms with van der Waals surface area (Å²) in [4.78, 5) is 9.35. The first-order valence-electron chi connectivity index (χ1n) is 11.7. The molecule has 0 saturated carbocycles. The molecular formula is C31H23N3. The van der Waals surface area contributed by atoms with Crippen molar-refractivity contribution < 1.29 is 0 Å². The van der Waals surface area contributed by atoms with Crippen LogP contribution in [0.15, 0.2) is 104 Å². The van der Waals surface area contributed by atoms with E-state index in [1.807, 2.05) is 36.7 Å². The fourth-order valence-corrected chi connectivity index (χ4v) is 5.57. The number of benzene rings is 3. The van der Waals surface area contributed by atoms with Gasteiger partial charge in [-0.15, -0.1) is 0 Å². The Kier molecular flexibility index (Phi) is 3.89. The largest absolute Gasteiger partial charge is 0.306 e. The fourth-order valence-electron chi connectivity index (χ4n) is 5.57. The molecule has 0 fully saturated rings. The first-order valence-corrected chi connectivity index (χ1v) is 11.7. The van der Waals surface area contributed by atoms with Crippen LogP contribution in [-0.4, -0.2) is 14.4 Å². The van der Waals surface area contributed by atoms with Gasteiger partial charge in [0, 0.05) is 35.0 Å². The summed E-state index contributed by atoms with van der Waals surface area (Å²) >= 11 is 0. The van der Waals surface area contributed by atoms with E-state index in [1.54, 1.807) is 0 Å². The third-order valence-electron chi connectivity index (χ3n) is 7.27. The minimum Gasteiger partial charge on any atom is -0.306 e. The molecule has 0 saturated heterocycles. The van der Waals surface area contributed by atoms with E-state index in [-0.39, 0.29) is 5.41 Å². The molecule has 0 spiro atoms. The number of nitrogens with zero attached hydrogens (tertiary/aromatic N) is 3. The first-order chi connectivity index (χ1) is 16.6. The molecular weight excluding hydrogens is 414 g/mol. The Morgan fingerprint density at radius 1 is 0.735 bits per heavy atom. The molecule has 0 aliphatic heterocycles. The molecule has 3 heterocycles. The van der Waals surface area contributed by atoms with Crippen LogP contribution in [0.5, 0.6) is 0 Å². The Bertz CT molecular complexity index is 1690. The van der Waals surface area contributed by atoms with Crippen LogP contribution in [-0.2, 0) is 5.41 Å². The molecule has 34 heavy (non-hydrogen) atoms. The van der Waals surface area contributed by atoms with E-state index in [2.05, 4.69) is 90.1 Å². The van der Waals surface area contributed by atoms with Gasteiger partial charge in [-0.2, -0.15) is 0 Å². The van der Waals surface area contributed by atoms with Crippen molar-refractivity contribution in [3.63, 3.8) is 0 Å². The van der Waals surface area contributed by atoms with Gasteiger partial charge in [0.2, 0.25) is 0 Å². The average Bonchev–Trinajstić information content (AvgIpc) is 3.41. The molecule has 3 nitrogen and oxygen atoms in total. The molecule has 162 valence electrons. The molecule has 7 rings (SSSR count). The van der Waals surface area contributed by atoms with Gasteiger partial charge < -0.3 is 4.40 Å². The highest BCUT2D eigenvalue weighted by atomic mass is 15.0. The normalized spacial score (nSPS) is 13.8. The maximum Gasteiger partial charge on any atom is 0.137 e. The minimum absolute atomic E-state index is 0.0836. The average molecular weight is 438 g/mol. The zero-order chi connectivity index (χ0) is 22.9. The molecule has 0 unspecified atom stereocenters. The number of imidazole rings is 1. The topological polar surface area (TPSA) is 30.2 Å².